The molecule has 26 heavy (non-hydrogen) atoms. The van der Waals surface area contributed by atoms with Crippen LogP contribution in [0.3, 0.4) is 0 Å². The monoisotopic (exact) mass is 357 g/mol. The van der Waals surface area contributed by atoms with E-state index in [1.54, 1.807) is 6.26 Å². The summed E-state index contributed by atoms with van der Waals surface area (Å²) in [6.07, 6.45) is 3.05. The fraction of sp³-hybridized carbons (Fsp3) is 0.571. The van der Waals surface area contributed by atoms with Crippen LogP contribution in [-0.2, 0) is 11.2 Å². The number of carbonyl (C=O) groups excluding carboxylic acids is 1. The van der Waals surface area contributed by atoms with Gasteiger partial charge in [-0.05, 0) is 38.4 Å². The number of fused-ring (bicyclic) bond motifs is 1. The third-order valence-electron chi connectivity index (χ3n) is 5.63. The van der Waals surface area contributed by atoms with Crippen molar-refractivity contribution in [3.63, 3.8) is 0 Å². The van der Waals surface area contributed by atoms with Gasteiger partial charge in [0.05, 0.1) is 12.7 Å². The standard InChI is InChI=1S/C21H31N3O2/c1-5-18(13-24-10-8-23(4)9-11-24)22-20(25)12-17-14-26-21-16(3)15(2)6-7-19(17)21/h6-7,14,18H,5,8-13H2,1-4H3,(H,22,25)/t18-/m1/s1. The molecule has 1 fully saturated rings. The number of carbonyl (C=O) groups is 1. The van der Waals surface area contributed by atoms with E-state index in [1.165, 1.54) is 5.56 Å². The fourth-order valence-electron chi connectivity index (χ4n) is 3.60. The Balaban J connectivity index is 1.60. The molecule has 1 atom stereocenters. The molecular formula is C21H31N3O2. The van der Waals surface area contributed by atoms with E-state index in [0.29, 0.717) is 6.42 Å². The van der Waals surface area contributed by atoms with Gasteiger partial charge in [0.15, 0.2) is 0 Å². The number of aryl methyl sites for hydroxylation is 2. The first-order valence-electron chi connectivity index (χ1n) is 9.64. The van der Waals surface area contributed by atoms with Gasteiger partial charge in [-0.25, -0.2) is 0 Å². The minimum atomic E-state index is 0.0758. The maximum absolute atomic E-state index is 12.6. The van der Waals surface area contributed by atoms with Gasteiger partial charge in [0.25, 0.3) is 0 Å². The molecule has 1 amide bonds. The number of likely N-dealkylation sites (N-methyl/N-ethyl adjacent to an activating group) is 1. The van der Waals surface area contributed by atoms with Crippen LogP contribution >= 0.6 is 0 Å². The second-order valence-corrected chi connectivity index (χ2v) is 7.60. The number of rotatable bonds is 6. The zero-order valence-electron chi connectivity index (χ0n) is 16.5. The minimum Gasteiger partial charge on any atom is -0.464 e. The smallest absolute Gasteiger partial charge is 0.224 e. The Morgan fingerprint density at radius 3 is 2.65 bits per heavy atom. The van der Waals surface area contributed by atoms with Gasteiger partial charge in [0, 0.05) is 49.7 Å². The Morgan fingerprint density at radius 1 is 1.23 bits per heavy atom. The molecule has 2 heterocycles. The molecule has 0 aliphatic carbocycles. The van der Waals surface area contributed by atoms with Crippen molar-refractivity contribution in [2.45, 2.75) is 39.7 Å². The van der Waals surface area contributed by atoms with Gasteiger partial charge < -0.3 is 14.6 Å². The van der Waals surface area contributed by atoms with Crippen LogP contribution in [0, 0.1) is 13.8 Å². The summed E-state index contributed by atoms with van der Waals surface area (Å²) in [6, 6.07) is 4.36. The number of piperazine rings is 1. The summed E-state index contributed by atoms with van der Waals surface area (Å²) in [4.78, 5) is 17.4. The highest BCUT2D eigenvalue weighted by molar-refractivity contribution is 5.89. The van der Waals surface area contributed by atoms with Crippen LogP contribution in [0.25, 0.3) is 11.0 Å². The van der Waals surface area contributed by atoms with E-state index in [0.717, 1.165) is 61.2 Å². The average molecular weight is 357 g/mol. The molecule has 5 nitrogen and oxygen atoms in total. The van der Waals surface area contributed by atoms with Crippen molar-refractivity contribution in [1.82, 2.24) is 15.1 Å². The molecule has 0 radical (unpaired) electrons. The topological polar surface area (TPSA) is 48.7 Å². The largest absolute Gasteiger partial charge is 0.464 e. The lowest BCUT2D eigenvalue weighted by Crippen LogP contribution is -2.50. The molecule has 0 saturated carbocycles. The number of hydrogen-bond donors (Lipinski definition) is 1. The lowest BCUT2D eigenvalue weighted by molar-refractivity contribution is -0.121. The van der Waals surface area contributed by atoms with Crippen molar-refractivity contribution in [3.8, 4) is 0 Å². The number of benzene rings is 1. The van der Waals surface area contributed by atoms with Gasteiger partial charge in [-0.2, -0.15) is 0 Å². The zero-order chi connectivity index (χ0) is 18.7. The number of amides is 1. The lowest BCUT2D eigenvalue weighted by atomic mass is 10.0. The van der Waals surface area contributed by atoms with Gasteiger partial charge in [0.2, 0.25) is 5.91 Å². The number of furan rings is 1. The van der Waals surface area contributed by atoms with Gasteiger partial charge in [-0.1, -0.05) is 19.1 Å². The van der Waals surface area contributed by atoms with E-state index < -0.39 is 0 Å². The summed E-state index contributed by atoms with van der Waals surface area (Å²) in [5, 5.41) is 4.27. The van der Waals surface area contributed by atoms with Crippen LogP contribution in [0.15, 0.2) is 22.8 Å². The van der Waals surface area contributed by atoms with Crippen LogP contribution in [0.4, 0.5) is 0 Å². The third-order valence-corrected chi connectivity index (χ3v) is 5.63. The van der Waals surface area contributed by atoms with Crippen LogP contribution in [0.1, 0.15) is 30.0 Å². The van der Waals surface area contributed by atoms with Crippen molar-refractivity contribution in [2.24, 2.45) is 0 Å². The minimum absolute atomic E-state index is 0.0758. The molecule has 5 heteroatoms. The predicted molar refractivity (Wildman–Crippen MR) is 106 cm³/mol. The summed E-state index contributed by atoms with van der Waals surface area (Å²) < 4.78 is 5.73. The lowest BCUT2D eigenvalue weighted by Gasteiger charge is -2.34. The normalized spacial score (nSPS) is 17.5. The second-order valence-electron chi connectivity index (χ2n) is 7.60. The maximum atomic E-state index is 12.6. The zero-order valence-corrected chi connectivity index (χ0v) is 16.5. The van der Waals surface area contributed by atoms with Gasteiger partial charge in [-0.15, -0.1) is 0 Å². The summed E-state index contributed by atoms with van der Waals surface area (Å²) >= 11 is 0. The molecule has 1 saturated heterocycles. The third kappa shape index (κ3) is 4.27. The molecule has 1 aliphatic rings. The van der Waals surface area contributed by atoms with Crippen molar-refractivity contribution in [2.75, 3.05) is 39.8 Å². The molecular weight excluding hydrogens is 326 g/mol. The molecule has 2 aromatic rings. The molecule has 0 spiro atoms. The van der Waals surface area contributed by atoms with Gasteiger partial charge >= 0.3 is 0 Å². The van der Waals surface area contributed by atoms with Crippen LogP contribution in [0.5, 0.6) is 0 Å². The van der Waals surface area contributed by atoms with Gasteiger partial charge in [-0.3, -0.25) is 9.69 Å². The highest BCUT2D eigenvalue weighted by Gasteiger charge is 2.20. The predicted octanol–water partition coefficient (Wildman–Crippen LogP) is 2.73. The van der Waals surface area contributed by atoms with E-state index >= 15 is 0 Å². The molecule has 1 N–H and O–H groups in total. The number of nitrogens with zero attached hydrogens (tertiary/aromatic N) is 2. The summed E-state index contributed by atoms with van der Waals surface area (Å²) in [6.45, 7) is 11.6. The van der Waals surface area contributed by atoms with Crippen LogP contribution in [-0.4, -0.2) is 61.5 Å². The SMILES string of the molecule is CC[C@H](CN1CCN(C)CC1)NC(=O)Cc1coc2c(C)c(C)ccc12. The Hall–Kier alpha value is -1.85. The summed E-state index contributed by atoms with van der Waals surface area (Å²) in [5.41, 5.74) is 4.23. The Morgan fingerprint density at radius 2 is 1.96 bits per heavy atom. The highest BCUT2D eigenvalue weighted by Crippen LogP contribution is 2.26. The molecule has 1 aromatic heterocycles. The number of nitrogens with one attached hydrogen (secondary N) is 1. The summed E-state index contributed by atoms with van der Waals surface area (Å²) in [7, 11) is 2.16. The fourth-order valence-corrected chi connectivity index (χ4v) is 3.60. The maximum Gasteiger partial charge on any atom is 0.224 e. The Kier molecular flexibility index (Phi) is 5.99. The van der Waals surface area contributed by atoms with Crippen molar-refractivity contribution >= 4 is 16.9 Å². The van der Waals surface area contributed by atoms with Crippen molar-refractivity contribution in [3.05, 3.63) is 35.1 Å². The number of hydrogen-bond acceptors (Lipinski definition) is 4. The molecule has 0 bridgehead atoms. The highest BCUT2D eigenvalue weighted by atomic mass is 16.3. The Bertz CT molecular complexity index is 760. The Labute approximate surface area is 156 Å². The van der Waals surface area contributed by atoms with Crippen molar-refractivity contribution in [1.29, 1.82) is 0 Å². The quantitative estimate of drug-likeness (QED) is 0.864. The van der Waals surface area contributed by atoms with E-state index in [4.69, 9.17) is 4.42 Å². The molecule has 0 unspecified atom stereocenters. The average Bonchev–Trinajstić information content (AvgIpc) is 3.02. The first-order chi connectivity index (χ1) is 12.5. The molecule has 1 aliphatic heterocycles. The first kappa shape index (κ1) is 18.9. The van der Waals surface area contributed by atoms with E-state index in [2.05, 4.69) is 55.1 Å². The molecule has 142 valence electrons. The van der Waals surface area contributed by atoms with Gasteiger partial charge in [0.1, 0.15) is 5.58 Å². The first-order valence-corrected chi connectivity index (χ1v) is 9.64. The summed E-state index contributed by atoms with van der Waals surface area (Å²) in [5.74, 6) is 0.0758. The van der Waals surface area contributed by atoms with E-state index in [9.17, 15) is 4.79 Å². The van der Waals surface area contributed by atoms with Crippen LogP contribution < -0.4 is 5.32 Å². The van der Waals surface area contributed by atoms with E-state index in [1.807, 2.05) is 0 Å². The molecule has 3 rings (SSSR count). The van der Waals surface area contributed by atoms with Crippen molar-refractivity contribution < 1.29 is 9.21 Å². The van der Waals surface area contributed by atoms with E-state index in [-0.39, 0.29) is 11.9 Å². The second kappa shape index (κ2) is 8.23. The molecule has 1 aromatic carbocycles. The van der Waals surface area contributed by atoms with Crippen LogP contribution in [0.2, 0.25) is 0 Å².